The number of benzene rings is 1. The molecule has 2 aromatic rings. The van der Waals surface area contributed by atoms with Crippen molar-refractivity contribution in [3.63, 3.8) is 0 Å². The molecular weight excluding hydrogens is 238 g/mol. The molecule has 0 radical (unpaired) electrons. The van der Waals surface area contributed by atoms with Gasteiger partial charge in [-0.15, -0.1) is 0 Å². The molecule has 1 aromatic carbocycles. The molecule has 1 aromatic heterocycles. The highest BCUT2D eigenvalue weighted by Crippen LogP contribution is 2.22. The highest BCUT2D eigenvalue weighted by Gasteiger charge is 2.06. The molecule has 2 rings (SSSR count). The molecule has 4 heteroatoms. The number of rotatable bonds is 5. The molecule has 0 bridgehead atoms. The molecule has 0 aliphatic carbocycles. The predicted molar refractivity (Wildman–Crippen MR) is 74.8 cm³/mol. The van der Waals surface area contributed by atoms with Gasteiger partial charge in [0.25, 0.3) is 0 Å². The average Bonchev–Trinajstić information content (AvgIpc) is 2.48. The topological polar surface area (TPSA) is 57.9 Å². The van der Waals surface area contributed by atoms with Crippen LogP contribution in [0.25, 0.3) is 11.1 Å². The van der Waals surface area contributed by atoms with Crippen molar-refractivity contribution in [1.82, 2.24) is 4.98 Å². The van der Waals surface area contributed by atoms with Crippen LogP contribution in [0.5, 0.6) is 0 Å². The fourth-order valence-corrected chi connectivity index (χ4v) is 1.75. The van der Waals surface area contributed by atoms with Gasteiger partial charge in [0.15, 0.2) is 0 Å². The molecule has 0 saturated heterocycles. The summed E-state index contributed by atoms with van der Waals surface area (Å²) in [7, 11) is 1.64. The van der Waals surface area contributed by atoms with Crippen LogP contribution in [0.4, 0.5) is 5.82 Å². The second-order valence-corrected chi connectivity index (χ2v) is 4.02. The Morgan fingerprint density at radius 1 is 1.26 bits per heavy atom. The summed E-state index contributed by atoms with van der Waals surface area (Å²) in [5.74, 6) is 0.597. The number of nitrogens with one attached hydrogen (secondary N) is 1. The minimum absolute atomic E-state index is 0.539. The lowest BCUT2D eigenvalue weighted by molar-refractivity contribution is 0.210. The molecule has 19 heavy (non-hydrogen) atoms. The van der Waals surface area contributed by atoms with Gasteiger partial charge in [-0.1, -0.05) is 30.3 Å². The van der Waals surface area contributed by atoms with Gasteiger partial charge in [-0.2, -0.15) is 5.26 Å². The van der Waals surface area contributed by atoms with Gasteiger partial charge in [0.1, 0.15) is 11.9 Å². The molecule has 96 valence electrons. The molecule has 0 spiro atoms. The van der Waals surface area contributed by atoms with E-state index in [1.807, 2.05) is 36.4 Å². The molecule has 4 nitrogen and oxygen atoms in total. The van der Waals surface area contributed by atoms with Crippen molar-refractivity contribution in [2.45, 2.75) is 0 Å². The molecule has 0 unspecified atom stereocenters. The zero-order valence-corrected chi connectivity index (χ0v) is 10.8. The van der Waals surface area contributed by atoms with E-state index in [4.69, 9.17) is 4.74 Å². The van der Waals surface area contributed by atoms with Crippen molar-refractivity contribution in [2.24, 2.45) is 0 Å². The van der Waals surface area contributed by atoms with Gasteiger partial charge in [0.05, 0.1) is 12.2 Å². The second-order valence-electron chi connectivity index (χ2n) is 4.02. The van der Waals surface area contributed by atoms with Crippen LogP contribution in [0.2, 0.25) is 0 Å². The number of nitriles is 1. The lowest BCUT2D eigenvalue weighted by Gasteiger charge is -2.08. The Morgan fingerprint density at radius 2 is 2.05 bits per heavy atom. The Morgan fingerprint density at radius 3 is 2.74 bits per heavy atom. The fourth-order valence-electron chi connectivity index (χ4n) is 1.75. The monoisotopic (exact) mass is 253 g/mol. The Hall–Kier alpha value is -2.38. The van der Waals surface area contributed by atoms with Gasteiger partial charge in [-0.05, 0) is 11.6 Å². The van der Waals surface area contributed by atoms with Crippen LogP contribution in [-0.2, 0) is 4.74 Å². The number of methoxy groups -OCH3 is 1. The minimum atomic E-state index is 0.539. The zero-order chi connectivity index (χ0) is 13.5. The quantitative estimate of drug-likeness (QED) is 0.832. The Kier molecular flexibility index (Phi) is 4.49. The Bertz CT molecular complexity index is 576. The number of hydrogen-bond donors (Lipinski definition) is 1. The molecule has 0 aliphatic rings. The first kappa shape index (κ1) is 13.1. The molecule has 0 aliphatic heterocycles. The first-order chi connectivity index (χ1) is 9.35. The third kappa shape index (κ3) is 3.30. The van der Waals surface area contributed by atoms with Gasteiger partial charge >= 0.3 is 0 Å². The molecule has 1 heterocycles. The van der Waals surface area contributed by atoms with Crippen molar-refractivity contribution in [3.05, 3.63) is 48.2 Å². The maximum atomic E-state index is 9.19. The standard InChI is InChI=1S/C15H15N3O/c1-19-8-7-17-15-13(10-16)9-14(11-18-15)12-5-3-2-4-6-12/h2-6,9,11H,7-8H2,1H3,(H,17,18). The first-order valence-corrected chi connectivity index (χ1v) is 6.03. The number of anilines is 1. The van der Waals surface area contributed by atoms with E-state index in [1.54, 1.807) is 13.3 Å². The van der Waals surface area contributed by atoms with Crippen molar-refractivity contribution < 1.29 is 4.74 Å². The number of aromatic nitrogens is 1. The van der Waals surface area contributed by atoms with E-state index in [2.05, 4.69) is 16.4 Å². The maximum absolute atomic E-state index is 9.19. The van der Waals surface area contributed by atoms with E-state index < -0.39 is 0 Å². The predicted octanol–water partition coefficient (Wildman–Crippen LogP) is 2.68. The van der Waals surface area contributed by atoms with E-state index in [0.717, 1.165) is 11.1 Å². The highest BCUT2D eigenvalue weighted by atomic mass is 16.5. The number of hydrogen-bond acceptors (Lipinski definition) is 4. The van der Waals surface area contributed by atoms with Gasteiger partial charge in [0, 0.05) is 25.4 Å². The van der Waals surface area contributed by atoms with Crippen LogP contribution < -0.4 is 5.32 Å². The Balaban J connectivity index is 2.24. The summed E-state index contributed by atoms with van der Waals surface area (Å²) in [6, 6.07) is 13.9. The first-order valence-electron chi connectivity index (χ1n) is 6.03. The van der Waals surface area contributed by atoms with Gasteiger partial charge in [-0.25, -0.2) is 4.98 Å². The molecule has 0 atom stereocenters. The lowest BCUT2D eigenvalue weighted by Crippen LogP contribution is -2.10. The van der Waals surface area contributed by atoms with Crippen LogP contribution in [0.15, 0.2) is 42.6 Å². The van der Waals surface area contributed by atoms with E-state index >= 15 is 0 Å². The summed E-state index contributed by atoms with van der Waals surface area (Å²) in [5.41, 5.74) is 2.53. The Labute approximate surface area is 112 Å². The smallest absolute Gasteiger partial charge is 0.144 e. The van der Waals surface area contributed by atoms with E-state index in [-0.39, 0.29) is 0 Å². The van der Waals surface area contributed by atoms with Crippen molar-refractivity contribution in [3.8, 4) is 17.2 Å². The van der Waals surface area contributed by atoms with Crippen LogP contribution in [0, 0.1) is 11.3 Å². The van der Waals surface area contributed by atoms with Crippen LogP contribution in [-0.4, -0.2) is 25.2 Å². The SMILES string of the molecule is COCCNc1ncc(-c2ccccc2)cc1C#N. The van der Waals surface area contributed by atoms with Gasteiger partial charge in [-0.3, -0.25) is 0 Å². The van der Waals surface area contributed by atoms with Gasteiger partial charge in [0.2, 0.25) is 0 Å². The maximum Gasteiger partial charge on any atom is 0.144 e. The van der Waals surface area contributed by atoms with Crippen LogP contribution in [0.3, 0.4) is 0 Å². The van der Waals surface area contributed by atoms with E-state index in [9.17, 15) is 5.26 Å². The van der Waals surface area contributed by atoms with Crippen molar-refractivity contribution in [2.75, 3.05) is 25.6 Å². The third-order valence-corrected chi connectivity index (χ3v) is 2.71. The number of pyridine rings is 1. The number of nitrogens with zero attached hydrogens (tertiary/aromatic N) is 2. The molecular formula is C15H15N3O. The summed E-state index contributed by atoms with van der Waals surface area (Å²) >= 11 is 0. The normalized spacial score (nSPS) is 9.89. The van der Waals surface area contributed by atoms with Crippen molar-refractivity contribution in [1.29, 1.82) is 5.26 Å². The van der Waals surface area contributed by atoms with Crippen molar-refractivity contribution >= 4 is 5.82 Å². The second kappa shape index (κ2) is 6.53. The van der Waals surface area contributed by atoms with Gasteiger partial charge < -0.3 is 10.1 Å². The summed E-state index contributed by atoms with van der Waals surface area (Å²) in [6.07, 6.45) is 1.77. The summed E-state index contributed by atoms with van der Waals surface area (Å²) in [4.78, 5) is 4.31. The summed E-state index contributed by atoms with van der Waals surface area (Å²) < 4.78 is 4.96. The van der Waals surface area contributed by atoms with E-state index in [1.165, 1.54) is 0 Å². The van der Waals surface area contributed by atoms with Crippen LogP contribution in [0.1, 0.15) is 5.56 Å². The summed E-state index contributed by atoms with van der Waals surface area (Å²) in [6.45, 7) is 1.20. The van der Waals surface area contributed by atoms with Crippen LogP contribution >= 0.6 is 0 Å². The molecule has 0 fully saturated rings. The average molecular weight is 253 g/mol. The number of ether oxygens (including phenoxy) is 1. The molecule has 0 saturated carbocycles. The largest absolute Gasteiger partial charge is 0.383 e. The zero-order valence-electron chi connectivity index (χ0n) is 10.8. The molecule has 0 amide bonds. The molecule has 1 N–H and O–H groups in total. The van der Waals surface area contributed by atoms with E-state index in [0.29, 0.717) is 24.5 Å². The minimum Gasteiger partial charge on any atom is -0.383 e. The third-order valence-electron chi connectivity index (χ3n) is 2.71. The summed E-state index contributed by atoms with van der Waals surface area (Å²) in [5, 5.41) is 12.3. The lowest BCUT2D eigenvalue weighted by atomic mass is 10.1. The highest BCUT2D eigenvalue weighted by molar-refractivity contribution is 5.67. The fraction of sp³-hybridized carbons (Fsp3) is 0.200.